The molecule has 2 aromatic heterocycles. The second-order valence-electron chi connectivity index (χ2n) is 13.2. The van der Waals surface area contributed by atoms with Crippen LogP contribution in [0.2, 0.25) is 0 Å². The highest BCUT2D eigenvalue weighted by molar-refractivity contribution is 5.88. The third kappa shape index (κ3) is 6.54. The van der Waals surface area contributed by atoms with Crippen LogP contribution >= 0.6 is 0 Å². The lowest BCUT2D eigenvalue weighted by Gasteiger charge is -2.13. The molecule has 0 aliphatic rings. The van der Waals surface area contributed by atoms with Crippen LogP contribution in [-0.4, -0.2) is 15.0 Å². The molecule has 4 heteroatoms. The first-order valence-corrected chi connectivity index (χ1v) is 17.9. The van der Waals surface area contributed by atoms with Crippen LogP contribution in [0.1, 0.15) is 5.56 Å². The van der Waals surface area contributed by atoms with Crippen molar-refractivity contribution in [2.75, 3.05) is 0 Å². The maximum Gasteiger partial charge on any atom is 0.0991 e. The van der Waals surface area contributed by atoms with Gasteiger partial charge >= 0.3 is 0 Å². The highest BCUT2D eigenvalue weighted by Crippen LogP contribution is 2.36. The first-order chi connectivity index (χ1) is 26.7. The lowest BCUT2D eigenvalue weighted by molar-refractivity contribution is 1.29. The molecule has 0 saturated carbocycles. The minimum Gasteiger partial charge on any atom is -0.248 e. The fraction of sp³-hybridized carbons (Fsp3) is 0. The van der Waals surface area contributed by atoms with Crippen molar-refractivity contribution < 1.29 is 0 Å². The lowest BCUT2D eigenvalue weighted by atomic mass is 9.95. The molecule has 9 rings (SSSR count). The summed E-state index contributed by atoms with van der Waals surface area (Å²) in [6.07, 6.45) is 0. The van der Waals surface area contributed by atoms with Crippen LogP contribution in [0.3, 0.4) is 0 Å². The van der Waals surface area contributed by atoms with Gasteiger partial charge in [-0.25, -0.2) is 15.0 Å². The number of pyridine rings is 1. The van der Waals surface area contributed by atoms with E-state index in [0.29, 0.717) is 5.56 Å². The quantitative estimate of drug-likeness (QED) is 0.167. The van der Waals surface area contributed by atoms with Crippen molar-refractivity contribution in [2.24, 2.45) is 0 Å². The van der Waals surface area contributed by atoms with Crippen molar-refractivity contribution in [3.05, 3.63) is 200 Å². The summed E-state index contributed by atoms with van der Waals surface area (Å²) in [7, 11) is 0. The van der Waals surface area contributed by atoms with Crippen LogP contribution in [0.15, 0.2) is 194 Å². The Morgan fingerprint density at radius 2 is 0.704 bits per heavy atom. The molecule has 0 unspecified atom stereocenters. The largest absolute Gasteiger partial charge is 0.248 e. The van der Waals surface area contributed by atoms with Crippen LogP contribution in [0.5, 0.6) is 0 Å². The van der Waals surface area contributed by atoms with E-state index < -0.39 is 0 Å². The highest BCUT2D eigenvalue weighted by Gasteiger charge is 2.15. The minimum absolute atomic E-state index is 0.640. The molecule has 0 fully saturated rings. The number of nitriles is 1. The number of fused-ring (bicyclic) bond motifs is 1. The Morgan fingerprint density at radius 1 is 0.296 bits per heavy atom. The van der Waals surface area contributed by atoms with Crippen LogP contribution in [0.4, 0.5) is 0 Å². The average Bonchev–Trinajstić information content (AvgIpc) is 3.26. The van der Waals surface area contributed by atoms with Gasteiger partial charge in [0.1, 0.15) is 0 Å². The van der Waals surface area contributed by atoms with Crippen molar-refractivity contribution in [1.29, 1.82) is 5.26 Å². The number of para-hydroxylation sites is 2. The smallest absolute Gasteiger partial charge is 0.0991 e. The fourth-order valence-corrected chi connectivity index (χ4v) is 6.90. The van der Waals surface area contributed by atoms with Crippen LogP contribution < -0.4 is 0 Å². The van der Waals surface area contributed by atoms with Gasteiger partial charge in [-0.05, 0) is 75.8 Å². The van der Waals surface area contributed by atoms with Gasteiger partial charge in [0.15, 0.2) is 0 Å². The summed E-state index contributed by atoms with van der Waals surface area (Å²) in [5.74, 6) is 0. The second-order valence-corrected chi connectivity index (χ2v) is 13.2. The number of aromatic nitrogens is 3. The number of rotatable bonds is 7. The molecule has 0 amide bonds. The van der Waals surface area contributed by atoms with Gasteiger partial charge in [-0.3, -0.25) is 0 Å². The topological polar surface area (TPSA) is 62.5 Å². The first-order valence-electron chi connectivity index (χ1n) is 17.9. The maximum atomic E-state index is 9.39. The summed E-state index contributed by atoms with van der Waals surface area (Å²) in [5.41, 5.74) is 16.5. The Bertz CT molecular complexity index is 2750. The summed E-state index contributed by atoms with van der Waals surface area (Å²) in [5, 5.41) is 9.39. The Kier molecular flexibility index (Phi) is 8.57. The van der Waals surface area contributed by atoms with Crippen molar-refractivity contribution in [2.45, 2.75) is 0 Å². The van der Waals surface area contributed by atoms with E-state index in [2.05, 4.69) is 140 Å². The third-order valence-corrected chi connectivity index (χ3v) is 9.71. The zero-order valence-electron chi connectivity index (χ0n) is 29.3. The van der Waals surface area contributed by atoms with Gasteiger partial charge in [-0.2, -0.15) is 5.26 Å². The van der Waals surface area contributed by atoms with Crippen molar-refractivity contribution in [3.63, 3.8) is 0 Å². The highest BCUT2D eigenvalue weighted by atomic mass is 14.8. The molecule has 7 aromatic carbocycles. The predicted molar refractivity (Wildman–Crippen MR) is 220 cm³/mol. The summed E-state index contributed by atoms with van der Waals surface area (Å²) >= 11 is 0. The van der Waals surface area contributed by atoms with Crippen LogP contribution in [0.25, 0.3) is 89.4 Å². The molecule has 0 spiro atoms. The van der Waals surface area contributed by atoms with Crippen molar-refractivity contribution in [3.8, 4) is 84.5 Å². The Morgan fingerprint density at radius 3 is 1.20 bits per heavy atom. The van der Waals surface area contributed by atoms with E-state index >= 15 is 0 Å². The first kappa shape index (κ1) is 32.4. The van der Waals surface area contributed by atoms with Gasteiger partial charge in [0.25, 0.3) is 0 Å². The van der Waals surface area contributed by atoms with E-state index in [9.17, 15) is 5.26 Å². The lowest BCUT2D eigenvalue weighted by Crippen LogP contribution is -1.95. The van der Waals surface area contributed by atoms with Gasteiger partial charge in [0.05, 0.1) is 45.4 Å². The number of nitrogens with zero attached hydrogens (tertiary/aromatic N) is 4. The molecule has 0 atom stereocenters. The molecule has 4 nitrogen and oxygen atoms in total. The maximum absolute atomic E-state index is 9.39. The number of hydrogen-bond donors (Lipinski definition) is 0. The van der Waals surface area contributed by atoms with E-state index in [-0.39, 0.29) is 0 Å². The standard InChI is InChI=1S/C50H32N4/c51-33-34-11-9-16-41(29-34)35-21-25-39(26-22-35)49-50(54-46-20-8-7-19-45(46)53-49)40-27-23-36(24-28-40)42-17-10-18-43(30-42)44-31-47(37-12-3-1-4-13-37)52-48(32-44)38-14-5-2-6-15-38/h1-32H. The molecular weight excluding hydrogens is 657 g/mol. The number of benzene rings is 7. The molecule has 0 radical (unpaired) electrons. The SMILES string of the molecule is N#Cc1cccc(-c2ccc(-c3nc4ccccc4nc3-c3ccc(-c4cccc(-c5cc(-c6ccccc6)nc(-c6ccccc6)c5)c4)cc3)cc2)c1. The molecule has 0 saturated heterocycles. The predicted octanol–water partition coefficient (Wildman–Crippen LogP) is 12.6. The molecule has 2 heterocycles. The van der Waals surface area contributed by atoms with E-state index in [1.54, 1.807) is 0 Å². The zero-order valence-corrected chi connectivity index (χ0v) is 29.3. The normalized spacial score (nSPS) is 10.9. The summed E-state index contributed by atoms with van der Waals surface area (Å²) in [6, 6.07) is 68.6. The molecule has 252 valence electrons. The van der Waals surface area contributed by atoms with Crippen molar-refractivity contribution in [1.82, 2.24) is 15.0 Å². The zero-order chi connectivity index (χ0) is 36.3. The van der Waals surface area contributed by atoms with E-state index in [1.807, 2.05) is 60.7 Å². The summed E-state index contributed by atoms with van der Waals surface area (Å²) in [6.45, 7) is 0. The third-order valence-electron chi connectivity index (χ3n) is 9.71. The molecule has 9 aromatic rings. The molecule has 54 heavy (non-hydrogen) atoms. The second kappa shape index (κ2) is 14.3. The van der Waals surface area contributed by atoms with Crippen LogP contribution in [0, 0.1) is 11.3 Å². The monoisotopic (exact) mass is 688 g/mol. The molecule has 0 aliphatic heterocycles. The Hall–Kier alpha value is -7.48. The van der Waals surface area contributed by atoms with Gasteiger partial charge in [-0.15, -0.1) is 0 Å². The number of hydrogen-bond acceptors (Lipinski definition) is 4. The van der Waals surface area contributed by atoms with Gasteiger partial charge in [-0.1, -0.05) is 152 Å². The molecular formula is C50H32N4. The van der Waals surface area contributed by atoms with E-state index in [1.165, 1.54) is 0 Å². The molecule has 0 aliphatic carbocycles. The van der Waals surface area contributed by atoms with Gasteiger partial charge in [0, 0.05) is 22.3 Å². The van der Waals surface area contributed by atoms with Gasteiger partial charge in [0.2, 0.25) is 0 Å². The van der Waals surface area contributed by atoms with Crippen LogP contribution in [-0.2, 0) is 0 Å². The molecule has 0 bridgehead atoms. The van der Waals surface area contributed by atoms with Gasteiger partial charge < -0.3 is 0 Å². The Labute approximate surface area is 314 Å². The van der Waals surface area contributed by atoms with E-state index in [4.69, 9.17) is 15.0 Å². The summed E-state index contributed by atoms with van der Waals surface area (Å²) < 4.78 is 0. The van der Waals surface area contributed by atoms with Crippen molar-refractivity contribution >= 4 is 11.0 Å². The van der Waals surface area contributed by atoms with E-state index in [0.717, 1.165) is 89.4 Å². The molecule has 0 N–H and O–H groups in total. The average molecular weight is 689 g/mol. The minimum atomic E-state index is 0.640. The summed E-state index contributed by atoms with van der Waals surface area (Å²) in [4.78, 5) is 15.3. The Balaban J connectivity index is 1.07. The fourth-order valence-electron chi connectivity index (χ4n) is 6.90.